The normalized spacial score (nSPS) is 22.0. The van der Waals surface area contributed by atoms with Gasteiger partial charge in [-0.3, -0.25) is 29.1 Å². The zero-order chi connectivity index (χ0) is 85.4. The number of carbonyl (C=O) groups excluding carboxylic acids is 4. The van der Waals surface area contributed by atoms with Gasteiger partial charge in [0.15, 0.2) is 0 Å². The van der Waals surface area contributed by atoms with E-state index in [1.807, 2.05) is 78.9 Å². The summed E-state index contributed by atoms with van der Waals surface area (Å²) in [7, 11) is 0. The number of carbonyl (C=O) groups is 5. The lowest BCUT2D eigenvalue weighted by Crippen LogP contribution is -2.30. The smallest absolute Gasteiger partial charge is 0.311 e. The third-order valence-electron chi connectivity index (χ3n) is 24.2. The number of nitrogens with zero attached hydrogens (tertiary/aromatic N) is 9. The first-order valence-electron chi connectivity index (χ1n) is 40.9. The Morgan fingerprint density at radius 2 is 0.623 bits per heavy atom. The van der Waals surface area contributed by atoms with Gasteiger partial charge >= 0.3 is 5.97 Å². The Labute approximate surface area is 728 Å². The molecule has 0 radical (unpaired) electrons. The van der Waals surface area contributed by atoms with Crippen LogP contribution in [0.4, 0.5) is 57.5 Å². The van der Waals surface area contributed by atoms with E-state index in [1.165, 1.54) is 18.7 Å². The van der Waals surface area contributed by atoms with Gasteiger partial charge in [-0.2, -0.15) is 24.7 Å². The fourth-order valence-electron chi connectivity index (χ4n) is 17.9. The summed E-state index contributed by atoms with van der Waals surface area (Å²) in [4.78, 5) is 63.4. The fourth-order valence-corrected chi connectivity index (χ4v) is 18.8. The van der Waals surface area contributed by atoms with E-state index >= 15 is 0 Å². The second-order valence-corrected chi connectivity index (χ2v) is 34.3. The van der Waals surface area contributed by atoms with Crippen LogP contribution in [0.2, 0.25) is 25.1 Å². The van der Waals surface area contributed by atoms with Crippen molar-refractivity contribution < 1.29 is 54.6 Å². The number of hydrogen-bond donors (Lipinski definition) is 17. The van der Waals surface area contributed by atoms with Gasteiger partial charge in [-0.15, -0.1) is 10.2 Å². The van der Waals surface area contributed by atoms with Crippen molar-refractivity contribution in [2.24, 2.45) is 0 Å². The quantitative estimate of drug-likeness (QED) is 0.0761. The van der Waals surface area contributed by atoms with Crippen molar-refractivity contribution in [3.05, 3.63) is 200 Å². The Balaban J connectivity index is 0.000000121. The Bertz CT molecular complexity index is 5330. The first kappa shape index (κ1) is 87.9. The van der Waals surface area contributed by atoms with Crippen LogP contribution in [-0.2, 0) is 69.0 Å². The summed E-state index contributed by atoms with van der Waals surface area (Å²) < 4.78 is 5.56. The van der Waals surface area contributed by atoms with Crippen molar-refractivity contribution in [3.8, 4) is 0 Å². The maximum absolute atomic E-state index is 13.2. The number of H-pyrrole nitrogens is 1. The number of aromatic nitrogens is 10. The molecule has 36 heteroatoms. The maximum atomic E-state index is 13.2. The molecule has 5 aromatic carbocycles. The Morgan fingerprint density at radius 3 is 0.951 bits per heavy atom. The summed E-state index contributed by atoms with van der Waals surface area (Å²) in [5.74, 6) is -0.941. The monoisotopic (exact) mass is 1760 g/mol. The first-order chi connectivity index (χ1) is 58.1. The summed E-state index contributed by atoms with van der Waals surface area (Å²) in [5.41, 5.74) is 47.5. The number of carboxylic acids is 1. The van der Waals surface area contributed by atoms with E-state index in [4.69, 9.17) is 91.8 Å². The van der Waals surface area contributed by atoms with Gasteiger partial charge in [0.2, 0.25) is 0 Å². The van der Waals surface area contributed by atoms with Crippen molar-refractivity contribution in [3.63, 3.8) is 0 Å². The van der Waals surface area contributed by atoms with Crippen LogP contribution >= 0.6 is 58.0 Å². The summed E-state index contributed by atoms with van der Waals surface area (Å²) in [6.07, 6.45) is 10.7. The van der Waals surface area contributed by atoms with E-state index in [0.29, 0.717) is 189 Å². The highest BCUT2D eigenvalue weighted by Crippen LogP contribution is 2.43. The topological polar surface area (TPSA) is 497 Å². The van der Waals surface area contributed by atoms with Crippen molar-refractivity contribution in [1.82, 2.24) is 49.3 Å². The molecule has 0 saturated heterocycles. The summed E-state index contributed by atoms with van der Waals surface area (Å²) in [6.45, 7) is 3.58. The van der Waals surface area contributed by atoms with Crippen LogP contribution in [0.1, 0.15) is 205 Å². The maximum Gasteiger partial charge on any atom is 0.311 e. The van der Waals surface area contributed by atoms with Gasteiger partial charge in [0.1, 0.15) is 29.1 Å². The van der Waals surface area contributed by atoms with E-state index in [2.05, 4.69) is 57.2 Å². The van der Waals surface area contributed by atoms with Gasteiger partial charge in [-0.05, 0) is 215 Å². The third kappa shape index (κ3) is 18.7. The highest BCUT2D eigenvalue weighted by molar-refractivity contribution is 6.32. The van der Waals surface area contributed by atoms with Crippen LogP contribution in [0, 0.1) is 0 Å². The van der Waals surface area contributed by atoms with Gasteiger partial charge in [0, 0.05) is 152 Å². The van der Waals surface area contributed by atoms with Gasteiger partial charge in [0.05, 0.1) is 82.9 Å². The average Bonchev–Trinajstić information content (AvgIpc) is 1.67. The lowest BCUT2D eigenvalue weighted by molar-refractivity contribution is -0.139. The predicted molar refractivity (Wildman–Crippen MR) is 473 cm³/mol. The van der Waals surface area contributed by atoms with Crippen LogP contribution in [0.3, 0.4) is 0 Å². The average molecular weight is 1770 g/mol. The third-order valence-corrected chi connectivity index (χ3v) is 25.4. The number of carboxylic acid groups (broad SMARTS) is 1. The van der Waals surface area contributed by atoms with Crippen molar-refractivity contribution >= 4 is 145 Å². The Kier molecular flexibility index (Phi) is 27.2. The second kappa shape index (κ2) is 37.7. The first-order valence-corrected chi connectivity index (χ1v) is 42.7. The molecule has 22 N–H and O–H groups in total. The minimum absolute atomic E-state index is 0. The van der Waals surface area contributed by atoms with Gasteiger partial charge in [-0.1, -0.05) is 65.4 Å². The molecule has 5 aromatic heterocycles. The number of aromatic amines is 1. The minimum Gasteiger partial charge on any atom is -0.481 e. The van der Waals surface area contributed by atoms with Gasteiger partial charge in [0.25, 0.3) is 23.6 Å². The molecule has 3 unspecified atom stereocenters. The van der Waals surface area contributed by atoms with E-state index in [0.717, 1.165) is 138 Å². The molecule has 5 aliphatic heterocycles. The lowest BCUT2D eigenvalue weighted by Gasteiger charge is -2.26. The lowest BCUT2D eigenvalue weighted by atomic mass is 9.89. The Hall–Kier alpha value is -10.5. The SMILES string of the molecule is C.Nc1c2c(nn1C(=O)C1CCNc3ccc(Cl)cc31)CC[C@H](O)C2.Nc1c2c(nn1C(=O)[C@H]1CCNc3ccc(Cl)cc31)CC[C@H](O)C2.Nc1n[nH]c2c1C[C@@H](O)CC2.Nc1nn(C(=O)C2CCNc3ccc(Cl)cc32)c2c1C[C@@H](O)CC2.Nc1nn(C(=O)[C@H]2CCNc3ccc(Cl)cc32)c2c1C[C@@H](O)CC2.O=C(O)C1CCNc2ccc(Cl)cc21. The molecule has 0 spiro atoms. The molecule has 10 heterocycles. The second-order valence-electron chi connectivity index (χ2n) is 32.1. The zero-order valence-corrected chi connectivity index (χ0v) is 69.9. The number of rotatable bonds is 5. The molecule has 5 aliphatic carbocycles. The van der Waals surface area contributed by atoms with Crippen LogP contribution in [-0.4, -0.2) is 173 Å². The summed E-state index contributed by atoms with van der Waals surface area (Å²) in [5, 5.41) is 101. The molecule has 20 rings (SSSR count). The predicted octanol–water partition coefficient (Wildman–Crippen LogP) is 11.6. The number of anilines is 10. The number of aliphatic hydroxyl groups is 5. The molecule has 0 fully saturated rings. The van der Waals surface area contributed by atoms with E-state index in [-0.39, 0.29) is 60.8 Å². The summed E-state index contributed by atoms with van der Waals surface area (Å²) >= 11 is 30.3. The minimum atomic E-state index is -0.782. The molecule has 10 aromatic rings. The van der Waals surface area contributed by atoms with Crippen molar-refractivity contribution in [2.75, 3.05) is 88.0 Å². The highest BCUT2D eigenvalue weighted by atomic mass is 35.5. The largest absolute Gasteiger partial charge is 0.481 e. The molecule has 10 aliphatic rings. The molecular formula is C86H101Cl5N20O11. The molecule has 31 nitrogen and oxygen atoms in total. The number of nitrogens with two attached hydrogens (primary N) is 5. The number of halogens is 5. The van der Waals surface area contributed by atoms with E-state index in [9.17, 15) is 49.5 Å². The van der Waals surface area contributed by atoms with Gasteiger partial charge in [-0.25, -0.2) is 9.36 Å². The molecule has 122 heavy (non-hydrogen) atoms. The van der Waals surface area contributed by atoms with Crippen LogP contribution in [0.5, 0.6) is 0 Å². The standard InChI is InChI=1S/4C17H19ClN4O2.C10H10ClNO2.C7H11N3O.CH4/c2*18-9-1-3-14-12(7-9)11(5-6-20-14)17(24)22-15-4-2-10(23)8-13(15)16(19)21-22;2*18-9-1-3-14-12(7-9)11(5-6-20-14)17(24)22-16(19)13-8-10(23)2-4-15(13)21-22;11-6-1-2-9-8(5-6)7(10(13)14)3-4-12-9;8-7-5-3-4(11)1-2-6(5)9-10-7;/h2*1,3,7,10-11,20,23H,2,4-6,8H2,(H2,19,21);2*1,3,7,10-11,20,23H,2,4-6,8,19H2;1-2,5,7,12H,3-4H2,(H,13,14);4,11H,1-3H2,(H3,8,9,10);1H4/t10-,11?;10-,11-;10-,11?;10-,11-;;4-;/m0000.0./s1. The molecular weight excluding hydrogens is 1670 g/mol. The number of nitrogen functional groups attached to an aromatic ring is 5. The molecule has 646 valence electrons. The van der Waals surface area contributed by atoms with Crippen LogP contribution in [0.25, 0.3) is 0 Å². The van der Waals surface area contributed by atoms with Crippen LogP contribution < -0.4 is 55.3 Å². The number of nitrogens with one attached hydrogen (secondary N) is 6. The van der Waals surface area contributed by atoms with E-state index in [1.54, 1.807) is 12.1 Å². The van der Waals surface area contributed by atoms with Crippen molar-refractivity contribution in [2.45, 2.75) is 196 Å². The molecule has 0 amide bonds. The number of benzene rings is 5. The molecule has 0 saturated carbocycles. The van der Waals surface area contributed by atoms with Crippen molar-refractivity contribution in [1.29, 1.82) is 0 Å². The van der Waals surface area contributed by atoms with Gasteiger partial charge < -0.3 is 85.9 Å². The summed E-state index contributed by atoms with van der Waals surface area (Å²) in [6, 6.07) is 27.5. The number of hydrogen-bond acceptors (Lipinski definition) is 25. The van der Waals surface area contributed by atoms with Crippen LogP contribution in [0.15, 0.2) is 91.0 Å². The van der Waals surface area contributed by atoms with E-state index < -0.39 is 36.3 Å². The molecule has 0 bridgehead atoms. The number of aliphatic carboxylic acids is 1. The Morgan fingerprint density at radius 1 is 0.344 bits per heavy atom. The zero-order valence-electron chi connectivity index (χ0n) is 66.1. The highest BCUT2D eigenvalue weighted by Gasteiger charge is 2.39. The fraction of sp³-hybridized carbons (Fsp3) is 0.419. The number of fused-ring (bicyclic) bond motifs is 10. The number of aliphatic hydroxyl groups excluding tert-OH is 5. The molecule has 10 atom stereocenters. The number of aryl methyl sites for hydroxylation is 3.